The Labute approximate surface area is 139 Å². The van der Waals surface area contributed by atoms with Crippen molar-refractivity contribution >= 4 is 21.9 Å². The number of hydrogen-bond acceptors (Lipinski definition) is 7. The fraction of sp³-hybridized carbons (Fsp3) is 0.133. The third-order valence-electron chi connectivity index (χ3n) is 3.09. The lowest BCUT2D eigenvalue weighted by atomic mass is 10.2. The van der Waals surface area contributed by atoms with E-state index in [9.17, 15) is 13.5 Å². The number of methoxy groups -OCH3 is 2. The van der Waals surface area contributed by atoms with Gasteiger partial charge >= 0.3 is 0 Å². The number of nitrogens with zero attached hydrogens (tertiary/aromatic N) is 1. The van der Waals surface area contributed by atoms with E-state index in [1.54, 1.807) is 12.1 Å². The molecular weight excluding hydrogens is 334 g/mol. The molecule has 8 nitrogen and oxygen atoms in total. The number of nitrogens with two attached hydrogens (primary N) is 1. The van der Waals surface area contributed by atoms with E-state index in [-0.39, 0.29) is 22.1 Å². The molecule has 0 unspecified atom stereocenters. The zero-order chi connectivity index (χ0) is 17.7. The molecule has 128 valence electrons. The van der Waals surface area contributed by atoms with Gasteiger partial charge in [-0.15, -0.1) is 0 Å². The number of phenols is 1. The fourth-order valence-electron chi connectivity index (χ4n) is 1.89. The molecule has 0 bridgehead atoms. The number of sulfonamides is 1. The van der Waals surface area contributed by atoms with Gasteiger partial charge in [-0.25, -0.2) is 13.6 Å². The Kier molecular flexibility index (Phi) is 5.27. The van der Waals surface area contributed by atoms with Crippen LogP contribution in [0.5, 0.6) is 17.2 Å². The molecule has 0 heterocycles. The Morgan fingerprint density at radius 2 is 1.67 bits per heavy atom. The maximum absolute atomic E-state index is 11.2. The van der Waals surface area contributed by atoms with Crippen LogP contribution in [0.25, 0.3) is 0 Å². The molecule has 0 amide bonds. The summed E-state index contributed by atoms with van der Waals surface area (Å²) in [6, 6.07) is 9.00. The van der Waals surface area contributed by atoms with Gasteiger partial charge in [0.25, 0.3) is 0 Å². The van der Waals surface area contributed by atoms with E-state index in [1.165, 1.54) is 44.7 Å². The molecule has 0 saturated carbocycles. The molecule has 2 aromatic rings. The summed E-state index contributed by atoms with van der Waals surface area (Å²) in [5.41, 5.74) is 3.97. The number of benzene rings is 2. The molecule has 2 aromatic carbocycles. The maximum Gasteiger partial charge on any atom is 0.238 e. The highest BCUT2D eigenvalue weighted by Gasteiger charge is 2.10. The van der Waals surface area contributed by atoms with Crippen LogP contribution in [0.3, 0.4) is 0 Å². The lowest BCUT2D eigenvalue weighted by Gasteiger charge is -2.09. The van der Waals surface area contributed by atoms with E-state index in [1.807, 2.05) is 0 Å². The molecule has 9 heteroatoms. The average Bonchev–Trinajstić information content (AvgIpc) is 2.55. The van der Waals surface area contributed by atoms with Gasteiger partial charge in [-0.1, -0.05) is 0 Å². The van der Waals surface area contributed by atoms with Gasteiger partial charge in [-0.2, -0.15) is 5.10 Å². The van der Waals surface area contributed by atoms with Crippen molar-refractivity contribution in [3.63, 3.8) is 0 Å². The Morgan fingerprint density at radius 1 is 1.12 bits per heavy atom. The topological polar surface area (TPSA) is 123 Å². The summed E-state index contributed by atoms with van der Waals surface area (Å²) in [4.78, 5) is 0.0186. The van der Waals surface area contributed by atoms with E-state index in [0.717, 1.165) is 0 Å². The molecule has 0 aliphatic carbocycles. The summed E-state index contributed by atoms with van der Waals surface area (Å²) in [5, 5.41) is 18.9. The summed E-state index contributed by atoms with van der Waals surface area (Å²) < 4.78 is 32.5. The van der Waals surface area contributed by atoms with E-state index >= 15 is 0 Å². The van der Waals surface area contributed by atoms with Crippen LogP contribution < -0.4 is 20.0 Å². The number of primary sulfonamides is 1. The van der Waals surface area contributed by atoms with Crippen molar-refractivity contribution in [3.05, 3.63) is 42.0 Å². The van der Waals surface area contributed by atoms with Crippen molar-refractivity contribution in [2.45, 2.75) is 4.90 Å². The highest BCUT2D eigenvalue weighted by molar-refractivity contribution is 7.89. The number of anilines is 1. The fourth-order valence-corrected chi connectivity index (χ4v) is 2.40. The maximum atomic E-state index is 11.2. The van der Waals surface area contributed by atoms with Crippen LogP contribution >= 0.6 is 0 Å². The van der Waals surface area contributed by atoms with Gasteiger partial charge in [0.05, 0.1) is 31.0 Å². The standard InChI is InChI=1S/C15H17N3O5S/c1-22-13-7-10(8-14(23-2)15(13)19)9-17-18-11-3-5-12(6-4-11)24(16,20)21/h3-9,18-19H,1-2H3,(H2,16,20,21)/b17-9+. The number of rotatable bonds is 6. The molecule has 0 aliphatic rings. The highest BCUT2D eigenvalue weighted by atomic mass is 32.2. The van der Waals surface area contributed by atoms with Crippen molar-refractivity contribution in [2.24, 2.45) is 10.2 Å². The van der Waals surface area contributed by atoms with Crippen LogP contribution in [0, 0.1) is 0 Å². The molecule has 0 aliphatic heterocycles. The predicted octanol–water partition coefficient (Wildman–Crippen LogP) is 1.50. The summed E-state index contributed by atoms with van der Waals surface area (Å²) in [7, 11) is -0.858. The molecule has 2 rings (SSSR count). The highest BCUT2D eigenvalue weighted by Crippen LogP contribution is 2.36. The summed E-state index contributed by atoms with van der Waals surface area (Å²) >= 11 is 0. The lowest BCUT2D eigenvalue weighted by Crippen LogP contribution is -2.11. The molecule has 24 heavy (non-hydrogen) atoms. The Hall–Kier alpha value is -2.78. The summed E-state index contributed by atoms with van der Waals surface area (Å²) in [6.45, 7) is 0. The van der Waals surface area contributed by atoms with E-state index in [0.29, 0.717) is 11.3 Å². The van der Waals surface area contributed by atoms with Crippen LogP contribution in [0.1, 0.15) is 5.56 Å². The quantitative estimate of drug-likeness (QED) is 0.535. The normalized spacial score (nSPS) is 11.5. The van der Waals surface area contributed by atoms with Gasteiger partial charge in [0.2, 0.25) is 15.8 Å². The van der Waals surface area contributed by atoms with E-state index < -0.39 is 10.0 Å². The SMILES string of the molecule is COc1cc(/C=N/Nc2ccc(S(N)(=O)=O)cc2)cc(OC)c1O. The first-order chi connectivity index (χ1) is 11.3. The summed E-state index contributed by atoms with van der Waals surface area (Å²) in [5.74, 6) is 0.422. The number of hydrogen-bond donors (Lipinski definition) is 3. The van der Waals surface area contributed by atoms with Crippen LogP contribution in [-0.2, 0) is 10.0 Å². The van der Waals surface area contributed by atoms with Crippen LogP contribution in [0.4, 0.5) is 5.69 Å². The van der Waals surface area contributed by atoms with Gasteiger partial charge in [0, 0.05) is 5.56 Å². The predicted molar refractivity (Wildman–Crippen MR) is 90.2 cm³/mol. The number of nitrogens with one attached hydrogen (secondary N) is 1. The monoisotopic (exact) mass is 351 g/mol. The molecule has 0 fully saturated rings. The van der Waals surface area contributed by atoms with E-state index in [4.69, 9.17) is 14.6 Å². The number of aromatic hydroxyl groups is 1. The third kappa shape index (κ3) is 4.15. The van der Waals surface area contributed by atoms with Crippen LogP contribution in [0.2, 0.25) is 0 Å². The largest absolute Gasteiger partial charge is 0.502 e. The minimum atomic E-state index is -3.72. The first-order valence-corrected chi connectivity index (χ1v) is 8.26. The molecule has 0 saturated heterocycles. The smallest absolute Gasteiger partial charge is 0.238 e. The average molecular weight is 351 g/mol. The Bertz CT molecular complexity index is 823. The Balaban J connectivity index is 2.14. The van der Waals surface area contributed by atoms with Gasteiger partial charge in [-0.3, -0.25) is 5.43 Å². The zero-order valence-electron chi connectivity index (χ0n) is 13.1. The summed E-state index contributed by atoms with van der Waals surface area (Å²) in [6.07, 6.45) is 1.50. The van der Waals surface area contributed by atoms with E-state index in [2.05, 4.69) is 10.5 Å². The van der Waals surface area contributed by atoms with Gasteiger partial charge < -0.3 is 14.6 Å². The molecule has 4 N–H and O–H groups in total. The number of hydrazone groups is 1. The molecule has 0 spiro atoms. The van der Waals surface area contributed by atoms with Crippen LogP contribution in [-0.4, -0.2) is 34.0 Å². The molecular formula is C15H17N3O5S. The van der Waals surface area contributed by atoms with Crippen molar-refractivity contribution in [2.75, 3.05) is 19.6 Å². The molecule has 0 atom stereocenters. The zero-order valence-corrected chi connectivity index (χ0v) is 13.9. The number of phenolic OH excluding ortho intramolecular Hbond substituents is 1. The van der Waals surface area contributed by atoms with Crippen molar-refractivity contribution in [3.8, 4) is 17.2 Å². The lowest BCUT2D eigenvalue weighted by molar-refractivity contribution is 0.340. The third-order valence-corrected chi connectivity index (χ3v) is 4.02. The molecule has 0 aromatic heterocycles. The second-order valence-electron chi connectivity index (χ2n) is 4.71. The van der Waals surface area contributed by atoms with Crippen LogP contribution in [0.15, 0.2) is 46.4 Å². The van der Waals surface area contributed by atoms with Crippen molar-refractivity contribution < 1.29 is 23.0 Å². The van der Waals surface area contributed by atoms with Crippen molar-refractivity contribution in [1.29, 1.82) is 0 Å². The minimum absolute atomic E-state index is 0.0186. The second kappa shape index (κ2) is 7.20. The van der Waals surface area contributed by atoms with Crippen molar-refractivity contribution in [1.82, 2.24) is 0 Å². The van der Waals surface area contributed by atoms with Gasteiger partial charge in [0.1, 0.15) is 0 Å². The van der Waals surface area contributed by atoms with Gasteiger partial charge in [-0.05, 0) is 36.4 Å². The second-order valence-corrected chi connectivity index (χ2v) is 6.27. The molecule has 0 radical (unpaired) electrons. The minimum Gasteiger partial charge on any atom is -0.502 e. The Morgan fingerprint density at radius 3 is 2.12 bits per heavy atom. The van der Waals surface area contributed by atoms with Gasteiger partial charge in [0.15, 0.2) is 11.5 Å². The first-order valence-electron chi connectivity index (χ1n) is 6.72. The number of ether oxygens (including phenoxy) is 2. The first kappa shape index (κ1) is 17.6.